The van der Waals surface area contributed by atoms with E-state index in [4.69, 9.17) is 20.0 Å². The van der Waals surface area contributed by atoms with E-state index in [1.165, 1.54) is 0 Å². The molecule has 11 heteroatoms. The number of anilines is 2. The summed E-state index contributed by atoms with van der Waals surface area (Å²) >= 11 is 0. The average molecular weight is 489 g/mol. The number of aromatic nitrogens is 5. The summed E-state index contributed by atoms with van der Waals surface area (Å²) in [4.78, 5) is 14.0. The molecule has 3 N–H and O–H groups in total. The summed E-state index contributed by atoms with van der Waals surface area (Å²) in [6.45, 7) is 5.77. The Labute approximate surface area is 207 Å². The molecule has 1 aliphatic heterocycles. The number of nitrogens with two attached hydrogens (primary N) is 1. The molecule has 1 aliphatic rings. The first-order valence-electron chi connectivity index (χ1n) is 12.0. The Bertz CT molecular complexity index is 1470. The largest absolute Gasteiger partial charge is 0.491 e. The monoisotopic (exact) mass is 488 g/mol. The van der Waals surface area contributed by atoms with Crippen LogP contribution in [0.15, 0.2) is 59.5 Å². The number of piperazine rings is 1. The quantitative estimate of drug-likeness (QED) is 0.338. The van der Waals surface area contributed by atoms with E-state index in [1.54, 1.807) is 10.8 Å². The molecule has 1 aromatic carbocycles. The number of hydrogen-bond donors (Lipinski definition) is 2. The van der Waals surface area contributed by atoms with Crippen LogP contribution in [-0.2, 0) is 6.54 Å². The van der Waals surface area contributed by atoms with Gasteiger partial charge < -0.3 is 29.5 Å². The number of hydrogen-bond acceptors (Lipinski definition) is 9. The van der Waals surface area contributed by atoms with E-state index in [2.05, 4.69) is 35.5 Å². The number of furan rings is 1. The van der Waals surface area contributed by atoms with Crippen molar-refractivity contribution in [2.24, 2.45) is 0 Å². The van der Waals surface area contributed by atoms with Crippen LogP contribution in [0.25, 0.3) is 28.1 Å². The Kier molecular flexibility index (Phi) is 5.91. The molecule has 0 amide bonds. The van der Waals surface area contributed by atoms with E-state index in [0.717, 1.165) is 67.4 Å². The van der Waals surface area contributed by atoms with Gasteiger partial charge >= 0.3 is 0 Å². The Morgan fingerprint density at radius 2 is 1.94 bits per heavy atom. The fraction of sp³-hybridized carbons (Fsp3) is 0.320. The minimum atomic E-state index is 0.0105. The predicted molar refractivity (Wildman–Crippen MR) is 136 cm³/mol. The van der Waals surface area contributed by atoms with Crippen LogP contribution in [0.2, 0.25) is 0 Å². The number of ether oxygens (including phenoxy) is 1. The molecule has 1 fully saturated rings. The van der Waals surface area contributed by atoms with Gasteiger partial charge in [-0.1, -0.05) is 6.07 Å². The molecular weight excluding hydrogens is 460 g/mol. The third kappa shape index (κ3) is 4.23. The molecule has 5 heterocycles. The number of aliphatic hydroxyl groups excluding tert-OH is 1. The summed E-state index contributed by atoms with van der Waals surface area (Å²) in [5.41, 5.74) is 10.4. The highest BCUT2D eigenvalue weighted by molar-refractivity contribution is 5.90. The molecule has 1 saturated heterocycles. The molecule has 0 radical (unpaired) electrons. The van der Waals surface area contributed by atoms with Crippen molar-refractivity contribution in [1.82, 2.24) is 29.0 Å². The van der Waals surface area contributed by atoms with Gasteiger partial charge in [0.2, 0.25) is 5.95 Å². The van der Waals surface area contributed by atoms with Crippen LogP contribution in [-0.4, -0.2) is 80.1 Å². The van der Waals surface area contributed by atoms with Crippen LogP contribution < -0.4 is 15.4 Å². The van der Waals surface area contributed by atoms with Crippen LogP contribution in [0.4, 0.5) is 11.6 Å². The molecule has 0 spiro atoms. The van der Waals surface area contributed by atoms with E-state index in [-0.39, 0.29) is 6.61 Å². The maximum atomic E-state index is 8.98. The van der Waals surface area contributed by atoms with Gasteiger partial charge in [-0.15, -0.1) is 0 Å². The molecule has 11 nitrogen and oxygen atoms in total. The van der Waals surface area contributed by atoms with Crippen molar-refractivity contribution in [3.8, 4) is 17.2 Å². The van der Waals surface area contributed by atoms with Crippen molar-refractivity contribution in [3.05, 3.63) is 55.1 Å². The first-order chi connectivity index (χ1) is 17.7. The third-order valence-corrected chi connectivity index (χ3v) is 6.55. The summed E-state index contributed by atoms with van der Waals surface area (Å²) in [6, 6.07) is 13.7. The van der Waals surface area contributed by atoms with Crippen molar-refractivity contribution in [3.63, 3.8) is 0 Å². The molecule has 0 atom stereocenters. The summed E-state index contributed by atoms with van der Waals surface area (Å²) in [5.74, 6) is 1.77. The number of nitrogen functional groups attached to an aromatic ring is 1. The molecule has 0 saturated carbocycles. The fourth-order valence-corrected chi connectivity index (χ4v) is 4.67. The van der Waals surface area contributed by atoms with Crippen molar-refractivity contribution < 1.29 is 14.3 Å². The third-order valence-electron chi connectivity index (χ3n) is 6.55. The first-order valence-corrected chi connectivity index (χ1v) is 12.0. The van der Waals surface area contributed by atoms with Gasteiger partial charge in [-0.2, -0.15) is 14.6 Å². The number of aliphatic hydroxyl groups is 1. The molecule has 0 unspecified atom stereocenters. The van der Waals surface area contributed by atoms with Crippen LogP contribution >= 0.6 is 0 Å². The number of nitrogens with zero attached hydrogens (tertiary/aromatic N) is 7. The summed E-state index contributed by atoms with van der Waals surface area (Å²) in [6.07, 6.45) is 3.45. The second-order valence-corrected chi connectivity index (χ2v) is 8.78. The minimum absolute atomic E-state index is 0.0105. The lowest BCUT2D eigenvalue weighted by atomic mass is 10.2. The standard InChI is InChI=1S/C25H28N8O3/c26-25-28-24-23(21-16-20(29-33(21)25)22-5-2-13-36-22)27-17-32(24)11-8-30-6-9-31(10-7-30)18-3-1-4-19(15-18)35-14-12-34/h1-5,13,15-17,34H,6-12,14H2,(H2,26,28). The van der Waals surface area contributed by atoms with E-state index < -0.39 is 0 Å². The molecular formula is C25H28N8O3. The van der Waals surface area contributed by atoms with Crippen LogP contribution in [0.3, 0.4) is 0 Å². The van der Waals surface area contributed by atoms with E-state index in [1.807, 2.05) is 42.7 Å². The normalized spacial score (nSPS) is 14.8. The van der Waals surface area contributed by atoms with E-state index in [0.29, 0.717) is 24.0 Å². The van der Waals surface area contributed by atoms with E-state index in [9.17, 15) is 0 Å². The Morgan fingerprint density at radius 1 is 1.06 bits per heavy atom. The smallest absolute Gasteiger partial charge is 0.223 e. The lowest BCUT2D eigenvalue weighted by Crippen LogP contribution is -2.47. The predicted octanol–water partition coefficient (Wildman–Crippen LogP) is 2.11. The number of imidazole rings is 1. The van der Waals surface area contributed by atoms with Crippen LogP contribution in [0, 0.1) is 0 Å². The zero-order valence-electron chi connectivity index (χ0n) is 19.8. The van der Waals surface area contributed by atoms with Gasteiger partial charge in [-0.25, -0.2) is 4.98 Å². The summed E-state index contributed by atoms with van der Waals surface area (Å²) < 4.78 is 14.7. The van der Waals surface area contributed by atoms with Gasteiger partial charge in [-0.3, -0.25) is 4.90 Å². The molecule has 5 aromatic rings. The SMILES string of the molecule is Nc1nc2c(ncn2CCN2CCN(c3cccc(OCCO)c3)CC2)c2cc(-c3ccco3)nn12. The minimum Gasteiger partial charge on any atom is -0.491 e. The molecule has 0 aliphatic carbocycles. The maximum absolute atomic E-state index is 8.98. The molecule has 36 heavy (non-hydrogen) atoms. The van der Waals surface area contributed by atoms with Gasteiger partial charge in [-0.05, 0) is 30.3 Å². The second kappa shape index (κ2) is 9.51. The highest BCUT2D eigenvalue weighted by Gasteiger charge is 2.19. The van der Waals surface area contributed by atoms with Crippen molar-refractivity contribution >= 4 is 28.3 Å². The fourth-order valence-electron chi connectivity index (χ4n) is 4.67. The molecule has 186 valence electrons. The average Bonchev–Trinajstić information content (AvgIpc) is 3.67. The molecule has 0 bridgehead atoms. The Hall–Kier alpha value is -4.09. The number of benzene rings is 1. The maximum Gasteiger partial charge on any atom is 0.223 e. The van der Waals surface area contributed by atoms with Gasteiger partial charge in [0.15, 0.2) is 11.4 Å². The highest BCUT2D eigenvalue weighted by Crippen LogP contribution is 2.26. The Morgan fingerprint density at radius 3 is 2.75 bits per heavy atom. The lowest BCUT2D eigenvalue weighted by molar-refractivity contribution is 0.201. The number of fused-ring (bicyclic) bond motifs is 3. The molecule has 4 aromatic heterocycles. The van der Waals surface area contributed by atoms with Gasteiger partial charge in [0, 0.05) is 51.0 Å². The summed E-state index contributed by atoms with van der Waals surface area (Å²) in [7, 11) is 0. The van der Waals surface area contributed by atoms with Crippen molar-refractivity contribution in [1.29, 1.82) is 0 Å². The van der Waals surface area contributed by atoms with Crippen LogP contribution in [0.1, 0.15) is 0 Å². The van der Waals surface area contributed by atoms with Crippen molar-refractivity contribution in [2.45, 2.75) is 6.54 Å². The highest BCUT2D eigenvalue weighted by atomic mass is 16.5. The topological polar surface area (TPSA) is 123 Å². The Balaban J connectivity index is 1.12. The van der Waals surface area contributed by atoms with E-state index >= 15 is 0 Å². The second-order valence-electron chi connectivity index (χ2n) is 8.78. The zero-order chi connectivity index (χ0) is 24.5. The van der Waals surface area contributed by atoms with Gasteiger partial charge in [0.25, 0.3) is 0 Å². The summed E-state index contributed by atoms with van der Waals surface area (Å²) in [5, 5.41) is 13.5. The van der Waals surface area contributed by atoms with Crippen LogP contribution in [0.5, 0.6) is 5.75 Å². The van der Waals surface area contributed by atoms with Gasteiger partial charge in [0.1, 0.15) is 29.1 Å². The first kappa shape index (κ1) is 22.4. The number of rotatable bonds is 8. The lowest BCUT2D eigenvalue weighted by Gasteiger charge is -2.36. The zero-order valence-corrected chi connectivity index (χ0v) is 19.8. The van der Waals surface area contributed by atoms with Crippen molar-refractivity contribution in [2.75, 3.05) is 56.6 Å². The molecule has 6 rings (SSSR count). The van der Waals surface area contributed by atoms with Gasteiger partial charge in [0.05, 0.1) is 19.2 Å².